The van der Waals surface area contributed by atoms with Crippen molar-refractivity contribution in [1.82, 2.24) is 19.5 Å². The molecule has 22 heavy (non-hydrogen) atoms. The Morgan fingerprint density at radius 2 is 2.23 bits per heavy atom. The van der Waals surface area contributed by atoms with E-state index in [0.29, 0.717) is 24.3 Å². The highest BCUT2D eigenvalue weighted by Gasteiger charge is 2.12. The summed E-state index contributed by atoms with van der Waals surface area (Å²) in [7, 11) is 1.57. The molecule has 0 aliphatic carbocycles. The molecule has 1 N–H and O–H groups in total. The number of hydrogen-bond acceptors (Lipinski definition) is 8. The summed E-state index contributed by atoms with van der Waals surface area (Å²) in [5.41, 5.74) is 2.04. The van der Waals surface area contributed by atoms with Crippen LogP contribution in [0.1, 0.15) is 11.4 Å². The minimum Gasteiger partial charge on any atom is -0.480 e. The SMILES string of the molecule is COc1cc(-c2noc(NCCc3cccc(C)n3)n2)sn1. The number of anilines is 1. The molecule has 0 saturated carbocycles. The molecule has 0 aliphatic rings. The van der Waals surface area contributed by atoms with Gasteiger partial charge in [-0.15, -0.1) is 0 Å². The first-order valence-electron chi connectivity index (χ1n) is 6.76. The van der Waals surface area contributed by atoms with Crippen molar-refractivity contribution in [1.29, 1.82) is 0 Å². The lowest BCUT2D eigenvalue weighted by Crippen LogP contribution is -2.06. The first kappa shape index (κ1) is 14.5. The summed E-state index contributed by atoms with van der Waals surface area (Å²) in [5, 5.41) is 7.02. The summed E-state index contributed by atoms with van der Waals surface area (Å²) in [6, 6.07) is 8.13. The lowest BCUT2D eigenvalue weighted by molar-refractivity contribution is 0.402. The maximum absolute atomic E-state index is 5.17. The van der Waals surface area contributed by atoms with Gasteiger partial charge in [0.1, 0.15) is 0 Å². The predicted octanol–water partition coefficient (Wildman–Crippen LogP) is 2.56. The quantitative estimate of drug-likeness (QED) is 0.747. The number of ether oxygens (including phenoxy) is 1. The Labute approximate surface area is 131 Å². The molecule has 0 spiro atoms. The minimum absolute atomic E-state index is 0.384. The molecule has 0 atom stereocenters. The van der Waals surface area contributed by atoms with Gasteiger partial charge in [0.2, 0.25) is 11.7 Å². The summed E-state index contributed by atoms with van der Waals surface area (Å²) in [6.07, 6.45) is 0.785. The van der Waals surface area contributed by atoms with E-state index in [1.54, 1.807) is 13.2 Å². The molecule has 3 aromatic heterocycles. The fourth-order valence-corrected chi connectivity index (χ4v) is 2.53. The number of aryl methyl sites for hydroxylation is 1. The molecule has 0 amide bonds. The second kappa shape index (κ2) is 6.52. The van der Waals surface area contributed by atoms with Crippen molar-refractivity contribution in [3.05, 3.63) is 35.7 Å². The Bertz CT molecular complexity index is 755. The van der Waals surface area contributed by atoms with E-state index in [9.17, 15) is 0 Å². The average Bonchev–Trinajstić information content (AvgIpc) is 3.16. The fourth-order valence-electron chi connectivity index (χ4n) is 1.89. The van der Waals surface area contributed by atoms with Crippen molar-refractivity contribution >= 4 is 17.5 Å². The van der Waals surface area contributed by atoms with Crippen LogP contribution < -0.4 is 10.1 Å². The second-order valence-corrected chi connectivity index (χ2v) is 5.41. The average molecular weight is 317 g/mol. The molecule has 3 aromatic rings. The molecular formula is C14H15N5O2S. The van der Waals surface area contributed by atoms with E-state index in [1.165, 1.54) is 11.5 Å². The standard InChI is InChI=1S/C14H15N5O2S/c1-9-4-3-5-10(16-9)6-7-15-14-17-13(18-21-14)11-8-12(20-2)19-22-11/h3-5,8H,6-7H2,1-2H3,(H,15,17,18). The molecule has 0 bridgehead atoms. The van der Waals surface area contributed by atoms with E-state index in [2.05, 4.69) is 24.8 Å². The van der Waals surface area contributed by atoms with Crippen LogP contribution in [0.4, 0.5) is 6.01 Å². The Balaban J connectivity index is 1.57. The lowest BCUT2D eigenvalue weighted by Gasteiger charge is -2.01. The smallest absolute Gasteiger partial charge is 0.321 e. The number of aromatic nitrogens is 4. The summed E-state index contributed by atoms with van der Waals surface area (Å²) in [4.78, 5) is 9.52. The van der Waals surface area contributed by atoms with E-state index in [0.717, 1.165) is 22.7 Å². The predicted molar refractivity (Wildman–Crippen MR) is 83.1 cm³/mol. The molecule has 0 aromatic carbocycles. The van der Waals surface area contributed by atoms with Gasteiger partial charge in [0, 0.05) is 30.4 Å². The number of nitrogens with one attached hydrogen (secondary N) is 1. The van der Waals surface area contributed by atoms with Crippen LogP contribution in [-0.4, -0.2) is 33.2 Å². The summed E-state index contributed by atoms with van der Waals surface area (Å²) >= 11 is 1.27. The molecule has 114 valence electrons. The van der Waals surface area contributed by atoms with Crippen molar-refractivity contribution in [2.24, 2.45) is 0 Å². The highest BCUT2D eigenvalue weighted by atomic mass is 32.1. The zero-order valence-electron chi connectivity index (χ0n) is 12.2. The highest BCUT2D eigenvalue weighted by Crippen LogP contribution is 2.26. The largest absolute Gasteiger partial charge is 0.480 e. The molecule has 3 heterocycles. The van der Waals surface area contributed by atoms with Crippen LogP contribution >= 0.6 is 11.5 Å². The minimum atomic E-state index is 0.384. The molecule has 0 radical (unpaired) electrons. The molecule has 7 nitrogen and oxygen atoms in total. The molecular weight excluding hydrogens is 302 g/mol. The number of nitrogens with zero attached hydrogens (tertiary/aromatic N) is 4. The van der Waals surface area contributed by atoms with E-state index in [1.807, 2.05) is 25.1 Å². The van der Waals surface area contributed by atoms with Gasteiger partial charge in [0.15, 0.2) is 0 Å². The fraction of sp³-hybridized carbons (Fsp3) is 0.286. The first-order valence-corrected chi connectivity index (χ1v) is 7.53. The van der Waals surface area contributed by atoms with Crippen LogP contribution in [0.2, 0.25) is 0 Å². The van der Waals surface area contributed by atoms with Crippen LogP contribution in [-0.2, 0) is 6.42 Å². The maximum atomic E-state index is 5.17. The van der Waals surface area contributed by atoms with Gasteiger partial charge in [-0.3, -0.25) is 4.98 Å². The van der Waals surface area contributed by atoms with Crippen LogP contribution in [0, 0.1) is 6.92 Å². The van der Waals surface area contributed by atoms with Crippen molar-refractivity contribution in [2.75, 3.05) is 19.0 Å². The van der Waals surface area contributed by atoms with Crippen LogP contribution in [0.25, 0.3) is 10.7 Å². The number of rotatable bonds is 6. The van der Waals surface area contributed by atoms with Crippen molar-refractivity contribution < 1.29 is 9.26 Å². The molecule has 0 aliphatic heterocycles. The van der Waals surface area contributed by atoms with Crippen LogP contribution in [0.3, 0.4) is 0 Å². The van der Waals surface area contributed by atoms with Gasteiger partial charge in [-0.25, -0.2) is 0 Å². The summed E-state index contributed by atoms with van der Waals surface area (Å²) < 4.78 is 14.3. The number of pyridine rings is 1. The van der Waals surface area contributed by atoms with Gasteiger partial charge in [-0.1, -0.05) is 11.2 Å². The molecule has 3 rings (SSSR count). The number of methoxy groups -OCH3 is 1. The maximum Gasteiger partial charge on any atom is 0.321 e. The third-order valence-corrected chi connectivity index (χ3v) is 3.72. The molecule has 0 saturated heterocycles. The van der Waals surface area contributed by atoms with E-state index in [-0.39, 0.29) is 0 Å². The number of hydrogen-bond donors (Lipinski definition) is 1. The van der Waals surface area contributed by atoms with Gasteiger partial charge in [-0.05, 0) is 30.6 Å². The third kappa shape index (κ3) is 3.40. The zero-order valence-corrected chi connectivity index (χ0v) is 13.1. The normalized spacial score (nSPS) is 10.6. The topological polar surface area (TPSA) is 86.0 Å². The Morgan fingerprint density at radius 1 is 1.32 bits per heavy atom. The first-order chi connectivity index (χ1) is 10.7. The van der Waals surface area contributed by atoms with Gasteiger partial charge in [0.25, 0.3) is 0 Å². The van der Waals surface area contributed by atoms with Gasteiger partial charge < -0.3 is 14.6 Å². The summed E-state index contributed by atoms with van der Waals surface area (Å²) in [5.74, 6) is 1.04. The Hall–Kier alpha value is -2.48. The van der Waals surface area contributed by atoms with Crippen LogP contribution in [0.15, 0.2) is 28.8 Å². The van der Waals surface area contributed by atoms with Gasteiger partial charge in [-0.2, -0.15) is 9.36 Å². The van der Waals surface area contributed by atoms with Gasteiger partial charge >= 0.3 is 6.01 Å². The Morgan fingerprint density at radius 3 is 3.00 bits per heavy atom. The zero-order chi connectivity index (χ0) is 15.4. The lowest BCUT2D eigenvalue weighted by atomic mass is 10.2. The van der Waals surface area contributed by atoms with Crippen molar-refractivity contribution in [3.8, 4) is 16.6 Å². The summed E-state index contributed by atoms with van der Waals surface area (Å²) in [6.45, 7) is 2.65. The molecule has 8 heteroatoms. The van der Waals surface area contributed by atoms with Crippen molar-refractivity contribution in [3.63, 3.8) is 0 Å². The van der Waals surface area contributed by atoms with E-state index < -0.39 is 0 Å². The van der Waals surface area contributed by atoms with E-state index >= 15 is 0 Å². The monoisotopic (exact) mass is 317 g/mol. The van der Waals surface area contributed by atoms with Gasteiger partial charge in [0.05, 0.1) is 12.0 Å². The van der Waals surface area contributed by atoms with E-state index in [4.69, 9.17) is 9.26 Å². The highest BCUT2D eigenvalue weighted by molar-refractivity contribution is 7.09. The van der Waals surface area contributed by atoms with Crippen molar-refractivity contribution in [2.45, 2.75) is 13.3 Å². The Kier molecular flexibility index (Phi) is 4.29. The second-order valence-electron chi connectivity index (χ2n) is 4.60. The molecule has 0 fully saturated rings. The third-order valence-electron chi connectivity index (χ3n) is 2.95. The van der Waals surface area contributed by atoms with Crippen LogP contribution in [0.5, 0.6) is 5.88 Å². The molecule has 0 unspecified atom stereocenters.